The van der Waals surface area contributed by atoms with Crippen LogP contribution in [0.25, 0.3) is 0 Å². The van der Waals surface area contributed by atoms with Gasteiger partial charge >= 0.3 is 0 Å². The maximum absolute atomic E-state index is 12.7. The molecule has 3 fully saturated rings. The average molecular weight is 294 g/mol. The summed E-state index contributed by atoms with van der Waals surface area (Å²) in [5.41, 5.74) is -2.12. The molecule has 0 aromatic rings. The zero-order valence-corrected chi connectivity index (χ0v) is 14.5. The molecule has 3 saturated carbocycles. The first-order valence-electron chi connectivity index (χ1n) is 8.20. The molecular weight excluding hydrogens is 264 g/mol. The number of rotatable bonds is 3. The van der Waals surface area contributed by atoms with Gasteiger partial charge in [-0.3, -0.25) is 9.59 Å². The highest BCUT2D eigenvalue weighted by Gasteiger charge is 2.79. The van der Waals surface area contributed by atoms with Gasteiger partial charge in [0.15, 0.2) is 0 Å². The van der Waals surface area contributed by atoms with Crippen LogP contribution in [0.2, 0.25) is 0 Å². The Balaban J connectivity index is 2.71. The fourth-order valence-corrected chi connectivity index (χ4v) is 6.74. The van der Waals surface area contributed by atoms with Crippen LogP contribution < -0.4 is 0 Å². The molecule has 0 spiro atoms. The lowest BCUT2D eigenvalue weighted by Crippen LogP contribution is -2.77. The van der Waals surface area contributed by atoms with Crippen molar-refractivity contribution >= 4 is 11.6 Å². The highest BCUT2D eigenvalue weighted by Crippen LogP contribution is 2.74. The molecule has 2 bridgehead atoms. The third kappa shape index (κ3) is 1.70. The Labute approximate surface area is 128 Å². The van der Waals surface area contributed by atoms with Gasteiger partial charge in [-0.05, 0) is 44.4 Å². The summed E-state index contributed by atoms with van der Waals surface area (Å²) in [7, 11) is 0. The van der Waals surface area contributed by atoms with E-state index >= 15 is 0 Å². The molecule has 3 aliphatic carbocycles. The summed E-state index contributed by atoms with van der Waals surface area (Å²) >= 11 is 0. The average Bonchev–Trinajstić information content (AvgIpc) is 2.41. The lowest BCUT2D eigenvalue weighted by atomic mass is 9.35. The smallest absolute Gasteiger partial charge is 0.139 e. The summed E-state index contributed by atoms with van der Waals surface area (Å²) < 4.78 is 0. The van der Waals surface area contributed by atoms with Crippen LogP contribution in [-0.2, 0) is 9.59 Å². The summed E-state index contributed by atoms with van der Waals surface area (Å²) in [5, 5.41) is 11.3. The Morgan fingerprint density at radius 1 is 1.19 bits per heavy atom. The van der Waals surface area contributed by atoms with E-state index in [1.54, 1.807) is 20.8 Å². The van der Waals surface area contributed by atoms with Gasteiger partial charge in [0.2, 0.25) is 0 Å². The Morgan fingerprint density at radius 3 is 2.10 bits per heavy atom. The fourth-order valence-electron chi connectivity index (χ4n) is 6.74. The van der Waals surface area contributed by atoms with E-state index < -0.39 is 11.0 Å². The summed E-state index contributed by atoms with van der Waals surface area (Å²) in [6.07, 6.45) is 1.64. The molecule has 21 heavy (non-hydrogen) atoms. The van der Waals surface area contributed by atoms with E-state index in [1.807, 2.05) is 0 Å². The number of ketones is 2. The van der Waals surface area contributed by atoms with Gasteiger partial charge < -0.3 is 5.11 Å². The standard InChI is InChI=1S/C18H30O3/c1-8-13-15-14(11(3)19)10(2)9-16(5,6)18(13,12(4)20)17(15,7)21/h10,13-15,21H,8-9H2,1-7H3. The first kappa shape index (κ1) is 16.7. The van der Waals surface area contributed by atoms with E-state index in [0.717, 1.165) is 12.8 Å². The normalized spacial score (nSPS) is 48.2. The summed E-state index contributed by atoms with van der Waals surface area (Å²) in [5.74, 6) is 0.295. The van der Waals surface area contributed by atoms with E-state index in [4.69, 9.17) is 0 Å². The van der Waals surface area contributed by atoms with Crippen LogP contribution in [0.15, 0.2) is 0 Å². The number of aliphatic hydroxyl groups is 1. The van der Waals surface area contributed by atoms with Gasteiger partial charge in [0.1, 0.15) is 11.6 Å². The van der Waals surface area contributed by atoms with Crippen molar-refractivity contribution in [1.82, 2.24) is 0 Å². The van der Waals surface area contributed by atoms with Crippen LogP contribution in [0.5, 0.6) is 0 Å². The van der Waals surface area contributed by atoms with E-state index in [-0.39, 0.29) is 40.7 Å². The second-order valence-corrected chi connectivity index (χ2v) is 8.25. The van der Waals surface area contributed by atoms with E-state index in [1.165, 1.54) is 0 Å². The van der Waals surface area contributed by atoms with Crippen LogP contribution in [0.4, 0.5) is 0 Å². The van der Waals surface area contributed by atoms with E-state index in [2.05, 4.69) is 27.7 Å². The van der Waals surface area contributed by atoms with Crippen LogP contribution >= 0.6 is 0 Å². The molecule has 3 rings (SSSR count). The van der Waals surface area contributed by atoms with Gasteiger partial charge in [0.05, 0.1) is 11.0 Å². The third-order valence-corrected chi connectivity index (χ3v) is 6.80. The van der Waals surface area contributed by atoms with Crippen molar-refractivity contribution in [3.8, 4) is 0 Å². The highest BCUT2D eigenvalue weighted by molar-refractivity contribution is 5.88. The zero-order chi connectivity index (χ0) is 16.4. The predicted molar refractivity (Wildman–Crippen MR) is 82.7 cm³/mol. The van der Waals surface area contributed by atoms with Crippen molar-refractivity contribution < 1.29 is 14.7 Å². The van der Waals surface area contributed by atoms with Crippen LogP contribution in [0.3, 0.4) is 0 Å². The number of hydrogen-bond acceptors (Lipinski definition) is 3. The quantitative estimate of drug-likeness (QED) is 0.869. The molecule has 120 valence electrons. The number of fused-ring (bicyclic) bond motifs is 3. The Morgan fingerprint density at radius 2 is 1.71 bits per heavy atom. The Bertz CT molecular complexity index is 477. The maximum atomic E-state index is 12.7. The van der Waals surface area contributed by atoms with Crippen LogP contribution in [-0.4, -0.2) is 22.3 Å². The number of Topliss-reactive ketones (excluding diaryl/α,β-unsaturated/α-hetero) is 2. The zero-order valence-electron chi connectivity index (χ0n) is 14.5. The van der Waals surface area contributed by atoms with Crippen molar-refractivity contribution in [2.45, 2.75) is 66.9 Å². The molecule has 3 aliphatic rings. The number of carbonyl (C=O) groups is 2. The second kappa shape index (κ2) is 4.65. The van der Waals surface area contributed by atoms with Crippen LogP contribution in [0, 0.1) is 34.5 Å². The Hall–Kier alpha value is -0.700. The molecule has 0 radical (unpaired) electrons. The molecule has 0 aromatic carbocycles. The van der Waals surface area contributed by atoms with Gasteiger partial charge in [0.25, 0.3) is 0 Å². The molecule has 3 nitrogen and oxygen atoms in total. The molecule has 1 N–H and O–H groups in total. The van der Waals surface area contributed by atoms with Gasteiger partial charge in [-0.2, -0.15) is 0 Å². The molecule has 6 atom stereocenters. The predicted octanol–water partition coefficient (Wildman–Crippen LogP) is 3.24. The fraction of sp³-hybridized carbons (Fsp3) is 0.889. The minimum Gasteiger partial charge on any atom is -0.389 e. The molecule has 0 aromatic heterocycles. The SMILES string of the molecule is CCC1C2C(C(C)=O)C(C)CC(C)(C)C1(C(C)=O)C2(C)O. The largest absolute Gasteiger partial charge is 0.389 e. The van der Waals surface area contributed by atoms with E-state index in [9.17, 15) is 14.7 Å². The van der Waals surface area contributed by atoms with Crippen LogP contribution in [0.1, 0.15) is 61.3 Å². The molecular formula is C18H30O3. The van der Waals surface area contributed by atoms with Crippen molar-refractivity contribution in [3.05, 3.63) is 0 Å². The van der Waals surface area contributed by atoms with Crippen molar-refractivity contribution in [2.24, 2.45) is 34.5 Å². The number of carbonyl (C=O) groups excluding carboxylic acids is 2. The summed E-state index contributed by atoms with van der Waals surface area (Å²) in [6.45, 7) is 13.4. The first-order chi connectivity index (χ1) is 9.46. The monoisotopic (exact) mass is 294 g/mol. The van der Waals surface area contributed by atoms with Gasteiger partial charge in [-0.25, -0.2) is 0 Å². The summed E-state index contributed by atoms with van der Waals surface area (Å²) in [4.78, 5) is 24.9. The molecule has 0 heterocycles. The maximum Gasteiger partial charge on any atom is 0.139 e. The van der Waals surface area contributed by atoms with Crippen molar-refractivity contribution in [1.29, 1.82) is 0 Å². The summed E-state index contributed by atoms with van der Waals surface area (Å²) in [6, 6.07) is 0. The van der Waals surface area contributed by atoms with Crippen molar-refractivity contribution in [2.75, 3.05) is 0 Å². The molecule has 0 amide bonds. The lowest BCUT2D eigenvalue weighted by molar-refractivity contribution is -0.282. The second-order valence-electron chi connectivity index (χ2n) is 8.25. The van der Waals surface area contributed by atoms with Gasteiger partial charge in [0, 0.05) is 11.8 Å². The molecule has 3 heteroatoms. The topological polar surface area (TPSA) is 54.4 Å². The third-order valence-electron chi connectivity index (χ3n) is 6.80. The molecule has 0 aliphatic heterocycles. The Kier molecular flexibility index (Phi) is 3.69. The van der Waals surface area contributed by atoms with Gasteiger partial charge in [-0.1, -0.05) is 34.1 Å². The minimum absolute atomic E-state index is 0.0806. The lowest BCUT2D eigenvalue weighted by Gasteiger charge is -2.69. The molecule has 6 unspecified atom stereocenters. The van der Waals surface area contributed by atoms with E-state index in [0.29, 0.717) is 0 Å². The first-order valence-corrected chi connectivity index (χ1v) is 8.20. The van der Waals surface area contributed by atoms with Gasteiger partial charge in [-0.15, -0.1) is 0 Å². The minimum atomic E-state index is -1.09. The number of hydrogen-bond donors (Lipinski definition) is 1. The van der Waals surface area contributed by atoms with Crippen molar-refractivity contribution in [3.63, 3.8) is 0 Å². The molecule has 0 saturated heterocycles. The highest BCUT2D eigenvalue weighted by atomic mass is 16.3.